The number of phenolic OH excluding ortho intramolecular Hbond substituents is 1. The summed E-state index contributed by atoms with van der Waals surface area (Å²) in [4.78, 5) is 0. The fraction of sp³-hybridized carbons (Fsp3) is 0.381. The fourth-order valence-corrected chi connectivity index (χ4v) is 6.51. The minimum Gasteiger partial charge on any atom is -0.508 e. The molecule has 2 aliphatic heterocycles. The number of nitrogens with one attached hydrogen (secondary N) is 2. The number of halogens is 2. The summed E-state index contributed by atoms with van der Waals surface area (Å²) >= 11 is 0. The van der Waals surface area contributed by atoms with E-state index in [2.05, 4.69) is 5.32 Å². The van der Waals surface area contributed by atoms with Crippen molar-refractivity contribution in [3.05, 3.63) is 65.2 Å². The van der Waals surface area contributed by atoms with Crippen molar-refractivity contribution in [1.82, 2.24) is 5.32 Å². The molecular weight excluding hydrogens is 414 g/mol. The van der Waals surface area contributed by atoms with Gasteiger partial charge in [0, 0.05) is 5.56 Å². The highest BCUT2D eigenvalue weighted by molar-refractivity contribution is 7.94. The number of fused-ring (bicyclic) bond motifs is 1. The Balaban J connectivity index is 1.87. The topological polar surface area (TPSA) is 99.5 Å². The molecule has 0 aromatic heterocycles. The summed E-state index contributed by atoms with van der Waals surface area (Å²) in [6, 6.07) is 8.97. The molecule has 0 aliphatic carbocycles. The molecule has 0 spiro atoms. The van der Waals surface area contributed by atoms with Crippen molar-refractivity contribution in [2.24, 2.45) is 0 Å². The lowest BCUT2D eigenvalue weighted by Crippen LogP contribution is -2.72. The third-order valence-electron chi connectivity index (χ3n) is 6.20. The maximum absolute atomic E-state index is 14.8. The normalized spacial score (nSPS) is 29.7. The van der Waals surface area contributed by atoms with Crippen molar-refractivity contribution < 1.29 is 27.0 Å². The zero-order valence-electron chi connectivity index (χ0n) is 16.4. The van der Waals surface area contributed by atoms with E-state index >= 15 is 0 Å². The van der Waals surface area contributed by atoms with Crippen LogP contribution in [0.15, 0.2) is 42.5 Å². The van der Waals surface area contributed by atoms with Gasteiger partial charge in [-0.05, 0) is 56.2 Å². The van der Waals surface area contributed by atoms with Crippen LogP contribution in [0, 0.1) is 17.0 Å². The predicted molar refractivity (Wildman–Crippen MR) is 107 cm³/mol. The van der Waals surface area contributed by atoms with Gasteiger partial charge in [0.15, 0.2) is 9.84 Å². The lowest BCUT2D eigenvalue weighted by Gasteiger charge is -2.53. The van der Waals surface area contributed by atoms with E-state index in [9.17, 15) is 22.3 Å². The zero-order valence-corrected chi connectivity index (χ0v) is 17.3. The molecule has 0 amide bonds. The van der Waals surface area contributed by atoms with Crippen molar-refractivity contribution in [2.75, 3.05) is 6.61 Å². The van der Waals surface area contributed by atoms with E-state index in [-0.39, 0.29) is 30.2 Å². The van der Waals surface area contributed by atoms with Gasteiger partial charge in [-0.15, -0.1) is 0 Å². The molecule has 0 radical (unpaired) electrons. The standard InChI is InChI=1S/C21H22F2N2O4S/c1-20(2)19(24)25-21(15-9-14(26)7-8-16(15)23)11-29-17(10-18(21)30(20,27)28)12-3-5-13(22)6-4-12/h3-9,17-18,26H,10-11H2,1-2H3,(H2,24,25)/t17-,18-,21-/m1/s1. The Morgan fingerprint density at radius 2 is 1.83 bits per heavy atom. The van der Waals surface area contributed by atoms with Crippen LogP contribution in [-0.2, 0) is 20.1 Å². The average Bonchev–Trinajstić information content (AvgIpc) is 2.69. The van der Waals surface area contributed by atoms with E-state index in [0.29, 0.717) is 5.56 Å². The molecule has 3 atom stereocenters. The summed E-state index contributed by atoms with van der Waals surface area (Å²) in [6.07, 6.45) is -0.670. The van der Waals surface area contributed by atoms with Crippen LogP contribution in [0.1, 0.15) is 37.5 Å². The van der Waals surface area contributed by atoms with Crippen LogP contribution in [0.3, 0.4) is 0 Å². The Morgan fingerprint density at radius 1 is 1.17 bits per heavy atom. The Labute approximate surface area is 173 Å². The predicted octanol–water partition coefficient (Wildman–Crippen LogP) is 3.17. The van der Waals surface area contributed by atoms with Crippen LogP contribution in [0.25, 0.3) is 0 Å². The second-order valence-corrected chi connectivity index (χ2v) is 10.9. The van der Waals surface area contributed by atoms with Gasteiger partial charge in [-0.1, -0.05) is 12.1 Å². The second-order valence-electron chi connectivity index (χ2n) is 8.27. The van der Waals surface area contributed by atoms with Crippen LogP contribution in [-0.4, -0.2) is 36.0 Å². The Bertz CT molecular complexity index is 1120. The molecule has 2 heterocycles. The molecule has 160 valence electrons. The van der Waals surface area contributed by atoms with Crippen molar-refractivity contribution in [3.8, 4) is 5.75 Å². The lowest BCUT2D eigenvalue weighted by molar-refractivity contribution is -0.0383. The van der Waals surface area contributed by atoms with Crippen LogP contribution >= 0.6 is 0 Å². The van der Waals surface area contributed by atoms with Crippen molar-refractivity contribution in [2.45, 2.75) is 41.9 Å². The van der Waals surface area contributed by atoms with E-state index in [1.807, 2.05) is 0 Å². The number of amidine groups is 1. The number of rotatable bonds is 2. The Hall–Kier alpha value is -2.52. The van der Waals surface area contributed by atoms with Crippen molar-refractivity contribution >= 4 is 15.7 Å². The number of phenols is 1. The fourth-order valence-electron chi connectivity index (χ4n) is 4.25. The SMILES string of the molecule is CC1(C)C(=N)N[C@@]2(c3cc(O)ccc3F)CO[C@@H](c3ccc(F)cc3)C[C@H]2S1(=O)=O. The van der Waals surface area contributed by atoms with E-state index in [0.717, 1.165) is 12.1 Å². The Kier molecular flexibility index (Phi) is 4.66. The van der Waals surface area contributed by atoms with Gasteiger partial charge in [0.2, 0.25) is 0 Å². The van der Waals surface area contributed by atoms with Gasteiger partial charge in [0.05, 0.1) is 18.0 Å². The van der Waals surface area contributed by atoms with Crippen molar-refractivity contribution in [1.29, 1.82) is 5.41 Å². The summed E-state index contributed by atoms with van der Waals surface area (Å²) < 4.78 is 59.8. The van der Waals surface area contributed by atoms with Crippen molar-refractivity contribution in [3.63, 3.8) is 0 Å². The maximum Gasteiger partial charge on any atom is 0.168 e. The smallest absolute Gasteiger partial charge is 0.168 e. The number of hydrogen-bond acceptors (Lipinski definition) is 5. The molecular formula is C21H22F2N2O4S. The van der Waals surface area contributed by atoms with Crippen LogP contribution in [0.5, 0.6) is 5.75 Å². The third-order valence-corrected chi connectivity index (χ3v) is 9.17. The monoisotopic (exact) mass is 436 g/mol. The summed E-state index contributed by atoms with van der Waals surface area (Å²) in [5, 5.41) is 20.0. The molecule has 6 nitrogen and oxygen atoms in total. The average molecular weight is 436 g/mol. The zero-order chi connectivity index (χ0) is 21.9. The van der Waals surface area contributed by atoms with E-state index in [4.69, 9.17) is 10.1 Å². The van der Waals surface area contributed by atoms with Gasteiger partial charge < -0.3 is 15.2 Å². The first-order chi connectivity index (χ1) is 14.0. The van der Waals surface area contributed by atoms with E-state index in [1.54, 1.807) is 0 Å². The molecule has 4 rings (SSSR count). The number of hydrogen-bond donors (Lipinski definition) is 3. The van der Waals surface area contributed by atoms with Gasteiger partial charge in [0.1, 0.15) is 33.5 Å². The molecule has 3 N–H and O–H groups in total. The first-order valence-corrected chi connectivity index (χ1v) is 11.0. The highest BCUT2D eigenvalue weighted by atomic mass is 32.2. The highest BCUT2D eigenvalue weighted by Gasteiger charge is 2.62. The molecule has 0 bridgehead atoms. The van der Waals surface area contributed by atoms with Crippen LogP contribution in [0.2, 0.25) is 0 Å². The van der Waals surface area contributed by atoms with Crippen LogP contribution < -0.4 is 5.32 Å². The van der Waals surface area contributed by atoms with Gasteiger partial charge in [-0.3, -0.25) is 5.41 Å². The highest BCUT2D eigenvalue weighted by Crippen LogP contribution is 2.48. The minimum atomic E-state index is -3.99. The van der Waals surface area contributed by atoms with Gasteiger partial charge in [0.25, 0.3) is 0 Å². The quantitative estimate of drug-likeness (QED) is 0.672. The molecule has 0 saturated carbocycles. The lowest BCUT2D eigenvalue weighted by atomic mass is 9.80. The van der Waals surface area contributed by atoms with Gasteiger partial charge in [-0.25, -0.2) is 17.2 Å². The third kappa shape index (κ3) is 2.91. The van der Waals surface area contributed by atoms with Gasteiger partial charge >= 0.3 is 0 Å². The molecule has 2 aromatic carbocycles. The van der Waals surface area contributed by atoms with E-state index < -0.39 is 43.1 Å². The molecule has 2 aromatic rings. The largest absolute Gasteiger partial charge is 0.508 e. The number of ether oxygens (including phenoxy) is 1. The van der Waals surface area contributed by atoms with Crippen LogP contribution in [0.4, 0.5) is 8.78 Å². The molecule has 2 aliphatic rings. The first kappa shape index (κ1) is 20.7. The summed E-state index contributed by atoms with van der Waals surface area (Å²) in [6.45, 7) is 2.61. The minimum absolute atomic E-state index is 0.0211. The molecule has 2 fully saturated rings. The summed E-state index contributed by atoms with van der Waals surface area (Å²) in [5.74, 6) is -1.63. The number of sulfone groups is 1. The molecule has 0 unspecified atom stereocenters. The Morgan fingerprint density at radius 3 is 2.50 bits per heavy atom. The molecule has 2 saturated heterocycles. The molecule has 9 heteroatoms. The number of aromatic hydroxyl groups is 1. The molecule has 30 heavy (non-hydrogen) atoms. The maximum atomic E-state index is 14.8. The van der Waals surface area contributed by atoms with Gasteiger partial charge in [-0.2, -0.15) is 0 Å². The van der Waals surface area contributed by atoms with E-state index in [1.165, 1.54) is 44.2 Å². The first-order valence-electron chi connectivity index (χ1n) is 9.46. The summed E-state index contributed by atoms with van der Waals surface area (Å²) in [5.41, 5.74) is -1.05. The second kappa shape index (κ2) is 6.75. The summed E-state index contributed by atoms with van der Waals surface area (Å²) in [7, 11) is -3.99. The number of benzene rings is 2.